The van der Waals surface area contributed by atoms with Gasteiger partial charge in [-0.25, -0.2) is 4.98 Å². The molecule has 5 heteroatoms. The Labute approximate surface area is 106 Å². The maximum Gasteiger partial charge on any atom is 0.254 e. The second-order valence-corrected chi connectivity index (χ2v) is 4.85. The van der Waals surface area contributed by atoms with Gasteiger partial charge in [0.05, 0.1) is 5.60 Å². The lowest BCUT2D eigenvalue weighted by Crippen LogP contribution is -2.49. The highest BCUT2D eigenvalue weighted by Crippen LogP contribution is 2.24. The summed E-state index contributed by atoms with van der Waals surface area (Å²) in [6.45, 7) is 3.20. The normalized spacial score (nSPS) is 24.1. The Morgan fingerprint density at radius 2 is 2.39 bits per heavy atom. The maximum absolute atomic E-state index is 13.0. The van der Waals surface area contributed by atoms with Crippen molar-refractivity contribution in [2.24, 2.45) is 0 Å². The van der Waals surface area contributed by atoms with E-state index in [0.717, 1.165) is 12.8 Å². The number of ether oxygens (including phenoxy) is 1. The smallest absolute Gasteiger partial charge is 0.254 e. The van der Waals surface area contributed by atoms with Crippen molar-refractivity contribution in [1.82, 2.24) is 9.88 Å². The predicted molar refractivity (Wildman–Crippen MR) is 64.7 cm³/mol. The van der Waals surface area contributed by atoms with Crippen LogP contribution >= 0.6 is 0 Å². The minimum absolute atomic E-state index is 0.167. The van der Waals surface area contributed by atoms with E-state index in [4.69, 9.17) is 4.74 Å². The van der Waals surface area contributed by atoms with Crippen molar-refractivity contribution in [3.8, 4) is 0 Å². The number of halogens is 1. The molecule has 0 aromatic carbocycles. The van der Waals surface area contributed by atoms with Crippen molar-refractivity contribution < 1.29 is 13.9 Å². The minimum atomic E-state index is -0.632. The summed E-state index contributed by atoms with van der Waals surface area (Å²) in [5, 5.41) is 0. The van der Waals surface area contributed by atoms with Crippen molar-refractivity contribution in [2.45, 2.75) is 25.4 Å². The molecule has 1 aliphatic heterocycles. The van der Waals surface area contributed by atoms with Gasteiger partial charge < -0.3 is 9.64 Å². The van der Waals surface area contributed by atoms with Gasteiger partial charge in [-0.3, -0.25) is 4.79 Å². The molecule has 2 heterocycles. The largest absolute Gasteiger partial charge is 0.377 e. The third kappa shape index (κ3) is 2.67. The molecule has 18 heavy (non-hydrogen) atoms. The average molecular weight is 252 g/mol. The number of likely N-dealkylation sites (tertiary alicyclic amines) is 1. The predicted octanol–water partition coefficient (Wildman–Crippen LogP) is 1.86. The molecule has 1 saturated heterocycles. The zero-order valence-electron chi connectivity index (χ0n) is 10.6. The zero-order valence-corrected chi connectivity index (χ0v) is 10.6. The molecule has 0 radical (unpaired) electrons. The molecule has 4 nitrogen and oxygen atoms in total. The maximum atomic E-state index is 13.0. The number of hydrogen-bond donors (Lipinski definition) is 0. The number of hydrogen-bond acceptors (Lipinski definition) is 3. The number of carbonyl (C=O) groups is 1. The first kappa shape index (κ1) is 13.0. The summed E-state index contributed by atoms with van der Waals surface area (Å²) in [5.41, 5.74) is 0.0299. The third-order valence-electron chi connectivity index (χ3n) is 3.41. The standard InChI is InChI=1S/C13H17FN2O2/c1-13(18-2)5-3-7-16(9-13)12(17)10-4-6-15-11(14)8-10/h4,6,8H,3,5,7,9H2,1-2H3. The number of rotatable bonds is 2. The van der Waals surface area contributed by atoms with E-state index < -0.39 is 5.95 Å². The van der Waals surface area contributed by atoms with E-state index in [1.165, 1.54) is 18.3 Å². The highest BCUT2D eigenvalue weighted by atomic mass is 19.1. The SMILES string of the molecule is COC1(C)CCCN(C(=O)c2ccnc(F)c2)C1. The highest BCUT2D eigenvalue weighted by molar-refractivity contribution is 5.94. The average Bonchev–Trinajstić information content (AvgIpc) is 2.38. The molecule has 1 unspecified atom stereocenters. The van der Waals surface area contributed by atoms with Gasteiger partial charge in [-0.15, -0.1) is 0 Å². The topological polar surface area (TPSA) is 42.4 Å². The Balaban J connectivity index is 2.14. The molecule has 1 aliphatic rings. The van der Waals surface area contributed by atoms with E-state index >= 15 is 0 Å². The Bertz CT molecular complexity index is 452. The summed E-state index contributed by atoms with van der Waals surface area (Å²) in [5.74, 6) is -0.799. The zero-order chi connectivity index (χ0) is 13.2. The van der Waals surface area contributed by atoms with Gasteiger partial charge in [-0.05, 0) is 25.8 Å². The summed E-state index contributed by atoms with van der Waals surface area (Å²) >= 11 is 0. The molecular formula is C13H17FN2O2. The lowest BCUT2D eigenvalue weighted by molar-refractivity contribution is -0.0440. The van der Waals surface area contributed by atoms with Gasteiger partial charge in [0, 0.05) is 38.0 Å². The van der Waals surface area contributed by atoms with E-state index in [0.29, 0.717) is 18.7 Å². The van der Waals surface area contributed by atoms with Crippen molar-refractivity contribution in [2.75, 3.05) is 20.2 Å². The Morgan fingerprint density at radius 1 is 1.61 bits per heavy atom. The minimum Gasteiger partial charge on any atom is -0.377 e. The molecule has 0 N–H and O–H groups in total. The van der Waals surface area contributed by atoms with Crippen LogP contribution in [0, 0.1) is 5.95 Å². The van der Waals surface area contributed by atoms with E-state index in [1.807, 2.05) is 6.92 Å². The Morgan fingerprint density at radius 3 is 3.06 bits per heavy atom. The number of pyridine rings is 1. The molecule has 2 rings (SSSR count). The summed E-state index contributed by atoms with van der Waals surface area (Å²) in [6.07, 6.45) is 3.13. The first-order valence-electron chi connectivity index (χ1n) is 6.00. The van der Waals surface area contributed by atoms with Crippen LogP contribution in [0.4, 0.5) is 4.39 Å². The van der Waals surface area contributed by atoms with Crippen molar-refractivity contribution in [1.29, 1.82) is 0 Å². The van der Waals surface area contributed by atoms with Gasteiger partial charge in [-0.2, -0.15) is 4.39 Å². The van der Waals surface area contributed by atoms with Crippen LogP contribution in [-0.2, 0) is 4.74 Å². The molecule has 0 saturated carbocycles. The molecule has 1 amide bonds. The van der Waals surface area contributed by atoms with Crippen LogP contribution in [0.3, 0.4) is 0 Å². The first-order valence-corrected chi connectivity index (χ1v) is 6.00. The van der Waals surface area contributed by atoms with Crippen LogP contribution in [0.5, 0.6) is 0 Å². The van der Waals surface area contributed by atoms with Gasteiger partial charge in [0.25, 0.3) is 5.91 Å². The van der Waals surface area contributed by atoms with Gasteiger partial charge in [0.15, 0.2) is 0 Å². The van der Waals surface area contributed by atoms with Gasteiger partial charge >= 0.3 is 0 Å². The molecule has 1 atom stereocenters. The van der Waals surface area contributed by atoms with Crippen molar-refractivity contribution in [3.05, 3.63) is 29.8 Å². The highest BCUT2D eigenvalue weighted by Gasteiger charge is 2.33. The summed E-state index contributed by atoms with van der Waals surface area (Å²) < 4.78 is 18.4. The van der Waals surface area contributed by atoms with Gasteiger partial charge in [-0.1, -0.05) is 0 Å². The molecule has 1 aromatic rings. The molecule has 0 spiro atoms. The lowest BCUT2D eigenvalue weighted by Gasteiger charge is -2.39. The van der Waals surface area contributed by atoms with Gasteiger partial charge in [0.1, 0.15) is 0 Å². The number of aromatic nitrogens is 1. The number of nitrogens with zero attached hydrogens (tertiary/aromatic N) is 2. The van der Waals surface area contributed by atoms with E-state index in [9.17, 15) is 9.18 Å². The Kier molecular flexibility index (Phi) is 3.61. The molecule has 0 bridgehead atoms. The van der Waals surface area contributed by atoms with E-state index in [1.54, 1.807) is 12.0 Å². The van der Waals surface area contributed by atoms with Crippen LogP contribution in [-0.4, -0.2) is 41.6 Å². The summed E-state index contributed by atoms with van der Waals surface area (Å²) in [6, 6.07) is 2.70. The number of methoxy groups -OCH3 is 1. The molecule has 98 valence electrons. The van der Waals surface area contributed by atoms with E-state index in [2.05, 4.69) is 4.98 Å². The summed E-state index contributed by atoms with van der Waals surface area (Å²) in [7, 11) is 1.65. The molecule has 1 fully saturated rings. The second-order valence-electron chi connectivity index (χ2n) is 4.85. The molecule has 0 aliphatic carbocycles. The first-order chi connectivity index (χ1) is 8.54. The number of carbonyl (C=O) groups excluding carboxylic acids is 1. The Hall–Kier alpha value is -1.49. The van der Waals surface area contributed by atoms with Crippen LogP contribution in [0.15, 0.2) is 18.3 Å². The van der Waals surface area contributed by atoms with E-state index in [-0.39, 0.29) is 11.5 Å². The lowest BCUT2D eigenvalue weighted by atomic mass is 9.94. The third-order valence-corrected chi connectivity index (χ3v) is 3.41. The molecule has 1 aromatic heterocycles. The fourth-order valence-electron chi connectivity index (χ4n) is 2.26. The monoisotopic (exact) mass is 252 g/mol. The van der Waals surface area contributed by atoms with Crippen LogP contribution in [0.2, 0.25) is 0 Å². The van der Waals surface area contributed by atoms with Crippen molar-refractivity contribution in [3.63, 3.8) is 0 Å². The van der Waals surface area contributed by atoms with Crippen molar-refractivity contribution >= 4 is 5.91 Å². The molecular weight excluding hydrogens is 235 g/mol. The van der Waals surface area contributed by atoms with Gasteiger partial charge in [0.2, 0.25) is 5.95 Å². The van der Waals surface area contributed by atoms with Crippen LogP contribution in [0.25, 0.3) is 0 Å². The van der Waals surface area contributed by atoms with Crippen LogP contribution < -0.4 is 0 Å². The fourth-order valence-corrected chi connectivity index (χ4v) is 2.26. The number of amides is 1. The quantitative estimate of drug-likeness (QED) is 0.754. The number of piperidine rings is 1. The van der Waals surface area contributed by atoms with Crippen LogP contribution in [0.1, 0.15) is 30.1 Å². The second kappa shape index (κ2) is 5.02. The summed E-state index contributed by atoms with van der Waals surface area (Å²) in [4.78, 5) is 17.4. The fraction of sp³-hybridized carbons (Fsp3) is 0.538.